The van der Waals surface area contributed by atoms with Crippen molar-refractivity contribution in [3.05, 3.63) is 29.1 Å². The highest BCUT2D eigenvalue weighted by molar-refractivity contribution is 5.93. The van der Waals surface area contributed by atoms with Crippen LogP contribution >= 0.6 is 0 Å². The van der Waals surface area contributed by atoms with Crippen LogP contribution in [-0.2, 0) is 4.79 Å². The molecule has 4 heteroatoms. The Hall–Kier alpha value is -1.58. The minimum absolute atomic E-state index is 0.169. The first-order valence-corrected chi connectivity index (χ1v) is 4.82. The van der Waals surface area contributed by atoms with E-state index in [2.05, 4.69) is 5.32 Å². The molecule has 0 spiro atoms. The Morgan fingerprint density at radius 2 is 2.07 bits per heavy atom. The maximum atomic E-state index is 11.6. The normalized spacial score (nSPS) is 11.2. The van der Waals surface area contributed by atoms with Crippen molar-refractivity contribution in [2.45, 2.75) is 27.7 Å². The van der Waals surface area contributed by atoms with Crippen molar-refractivity contribution in [2.24, 2.45) is 5.41 Å². The summed E-state index contributed by atoms with van der Waals surface area (Å²) in [7, 11) is 0. The SMILES string of the molecule is Cc1cc[n+]([O-])c(NC(=O)C(C)(C)C)c1. The van der Waals surface area contributed by atoms with Gasteiger partial charge in [0.1, 0.15) is 0 Å². The molecule has 0 aliphatic heterocycles. The van der Waals surface area contributed by atoms with Gasteiger partial charge in [0.05, 0.1) is 11.6 Å². The molecule has 15 heavy (non-hydrogen) atoms. The number of carbonyl (C=O) groups is 1. The van der Waals surface area contributed by atoms with Gasteiger partial charge in [-0.15, -0.1) is 0 Å². The highest BCUT2D eigenvalue weighted by Crippen LogP contribution is 2.15. The van der Waals surface area contributed by atoms with Crippen LogP contribution in [0, 0.1) is 17.5 Å². The predicted molar refractivity (Wildman–Crippen MR) is 58.2 cm³/mol. The van der Waals surface area contributed by atoms with Crippen molar-refractivity contribution in [2.75, 3.05) is 5.32 Å². The van der Waals surface area contributed by atoms with E-state index in [1.807, 2.05) is 6.92 Å². The van der Waals surface area contributed by atoms with Crippen LogP contribution < -0.4 is 10.0 Å². The zero-order chi connectivity index (χ0) is 11.6. The van der Waals surface area contributed by atoms with Crippen LogP contribution in [0.2, 0.25) is 0 Å². The van der Waals surface area contributed by atoms with Crippen molar-refractivity contribution in [1.29, 1.82) is 0 Å². The Morgan fingerprint density at radius 3 is 2.60 bits per heavy atom. The minimum Gasteiger partial charge on any atom is -0.711 e. The van der Waals surface area contributed by atoms with Crippen molar-refractivity contribution in [3.8, 4) is 0 Å². The van der Waals surface area contributed by atoms with Crippen LogP contribution in [0.5, 0.6) is 0 Å². The van der Waals surface area contributed by atoms with Gasteiger partial charge in [0.2, 0.25) is 0 Å². The van der Waals surface area contributed by atoms with Crippen LogP contribution in [0.15, 0.2) is 18.3 Å². The van der Waals surface area contributed by atoms with Crippen LogP contribution in [0.1, 0.15) is 26.3 Å². The molecule has 0 radical (unpaired) electrons. The van der Waals surface area contributed by atoms with Gasteiger partial charge in [-0.2, -0.15) is 0 Å². The average Bonchev–Trinajstić information content (AvgIpc) is 2.09. The molecule has 82 valence electrons. The molecule has 0 atom stereocenters. The van der Waals surface area contributed by atoms with E-state index in [0.717, 1.165) is 5.56 Å². The predicted octanol–water partition coefficient (Wildman–Crippen LogP) is 1.61. The molecule has 1 rings (SSSR count). The van der Waals surface area contributed by atoms with Gasteiger partial charge in [-0.05, 0) is 39.3 Å². The lowest BCUT2D eigenvalue weighted by Crippen LogP contribution is -2.36. The van der Waals surface area contributed by atoms with E-state index < -0.39 is 5.41 Å². The summed E-state index contributed by atoms with van der Waals surface area (Å²) < 4.78 is 0.649. The number of amides is 1. The monoisotopic (exact) mass is 208 g/mol. The smallest absolute Gasteiger partial charge is 0.312 e. The van der Waals surface area contributed by atoms with Gasteiger partial charge in [0, 0.05) is 6.07 Å². The molecule has 0 bridgehead atoms. The Kier molecular flexibility index (Phi) is 2.98. The van der Waals surface area contributed by atoms with Gasteiger partial charge in [0.25, 0.3) is 5.82 Å². The summed E-state index contributed by atoms with van der Waals surface area (Å²) >= 11 is 0. The molecule has 0 fully saturated rings. The van der Waals surface area contributed by atoms with Gasteiger partial charge in [-0.25, -0.2) is 14.8 Å². The van der Waals surface area contributed by atoms with Crippen molar-refractivity contribution < 1.29 is 9.52 Å². The Labute approximate surface area is 89.5 Å². The highest BCUT2D eigenvalue weighted by atomic mass is 16.5. The Bertz CT molecular complexity index is 381. The second kappa shape index (κ2) is 3.88. The van der Waals surface area contributed by atoms with Gasteiger partial charge >= 0.3 is 5.91 Å². The lowest BCUT2D eigenvalue weighted by molar-refractivity contribution is -0.590. The number of pyridine rings is 1. The third-order valence-electron chi connectivity index (χ3n) is 2.00. The standard InChI is InChI=1S/C11H16N2O2/c1-8-5-6-13(15)9(7-8)12-10(14)11(2,3)4/h5-7H,1-4H3,(H,12,14). The fraction of sp³-hybridized carbons (Fsp3) is 0.455. The highest BCUT2D eigenvalue weighted by Gasteiger charge is 2.26. The molecule has 0 aliphatic rings. The average molecular weight is 208 g/mol. The molecule has 1 N–H and O–H groups in total. The largest absolute Gasteiger partial charge is 0.711 e. The summed E-state index contributed by atoms with van der Waals surface area (Å²) in [6.45, 7) is 7.26. The van der Waals surface area contributed by atoms with Gasteiger partial charge in [-0.1, -0.05) is 0 Å². The maximum Gasteiger partial charge on any atom is 0.312 e. The first-order valence-electron chi connectivity index (χ1n) is 4.82. The summed E-state index contributed by atoms with van der Waals surface area (Å²) in [5.41, 5.74) is 0.433. The van der Waals surface area contributed by atoms with Crippen LogP contribution in [0.4, 0.5) is 5.82 Å². The molecule has 0 aliphatic carbocycles. The van der Waals surface area contributed by atoms with Crippen LogP contribution in [0.3, 0.4) is 0 Å². The first-order chi connectivity index (χ1) is 6.80. The number of hydrogen-bond acceptors (Lipinski definition) is 2. The number of anilines is 1. The second-order valence-electron chi connectivity index (χ2n) is 4.62. The summed E-state index contributed by atoms with van der Waals surface area (Å²) in [5.74, 6) is 0.104. The molecular formula is C11H16N2O2. The lowest BCUT2D eigenvalue weighted by Gasteiger charge is -2.15. The van der Waals surface area contributed by atoms with Crippen molar-refractivity contribution in [1.82, 2.24) is 0 Å². The summed E-state index contributed by atoms with van der Waals surface area (Å²) in [6, 6.07) is 3.34. The maximum absolute atomic E-state index is 11.6. The van der Waals surface area contributed by atoms with E-state index >= 15 is 0 Å². The zero-order valence-electron chi connectivity index (χ0n) is 9.50. The number of carbonyl (C=O) groups excluding carboxylic acids is 1. The van der Waals surface area contributed by atoms with Gasteiger partial charge in [-0.3, -0.25) is 0 Å². The number of aromatic nitrogens is 1. The molecule has 0 unspecified atom stereocenters. The fourth-order valence-corrected chi connectivity index (χ4v) is 0.988. The summed E-state index contributed by atoms with van der Waals surface area (Å²) in [6.07, 6.45) is 1.38. The minimum atomic E-state index is -0.503. The number of nitrogens with one attached hydrogen (secondary N) is 1. The molecule has 1 heterocycles. The van der Waals surface area contributed by atoms with Crippen LogP contribution in [-0.4, -0.2) is 5.91 Å². The van der Waals surface area contributed by atoms with E-state index in [1.165, 1.54) is 6.20 Å². The molecule has 4 nitrogen and oxygen atoms in total. The first kappa shape index (κ1) is 11.5. The molecule has 0 aromatic carbocycles. The number of rotatable bonds is 1. The van der Waals surface area contributed by atoms with Crippen molar-refractivity contribution in [3.63, 3.8) is 0 Å². The molecular weight excluding hydrogens is 192 g/mol. The molecule has 0 saturated heterocycles. The Balaban J connectivity index is 2.90. The van der Waals surface area contributed by atoms with E-state index in [4.69, 9.17) is 0 Å². The third-order valence-corrected chi connectivity index (χ3v) is 2.00. The van der Waals surface area contributed by atoms with E-state index in [9.17, 15) is 10.0 Å². The summed E-state index contributed by atoms with van der Waals surface area (Å²) in [5, 5.41) is 13.9. The molecule has 1 aromatic heterocycles. The lowest BCUT2D eigenvalue weighted by atomic mass is 9.96. The topological polar surface area (TPSA) is 56.0 Å². The summed E-state index contributed by atoms with van der Waals surface area (Å²) in [4.78, 5) is 11.6. The molecule has 1 amide bonds. The van der Waals surface area contributed by atoms with Crippen molar-refractivity contribution >= 4 is 11.7 Å². The molecule has 1 aromatic rings. The second-order valence-corrected chi connectivity index (χ2v) is 4.62. The number of nitrogens with zero attached hydrogens (tertiary/aromatic N) is 1. The van der Waals surface area contributed by atoms with E-state index in [1.54, 1.807) is 32.9 Å². The zero-order valence-corrected chi connectivity index (χ0v) is 9.50. The third kappa shape index (κ3) is 2.94. The Morgan fingerprint density at radius 1 is 1.47 bits per heavy atom. The van der Waals surface area contributed by atoms with Crippen LogP contribution in [0.25, 0.3) is 0 Å². The van der Waals surface area contributed by atoms with E-state index in [-0.39, 0.29) is 11.7 Å². The number of aryl methyl sites for hydroxylation is 1. The quantitative estimate of drug-likeness (QED) is 0.563. The number of hydrogen-bond donors (Lipinski definition) is 1. The van der Waals surface area contributed by atoms with Gasteiger partial charge < -0.3 is 5.21 Å². The fourth-order valence-electron chi connectivity index (χ4n) is 0.988. The molecule has 0 saturated carbocycles. The van der Waals surface area contributed by atoms with E-state index in [0.29, 0.717) is 4.73 Å². The van der Waals surface area contributed by atoms with Gasteiger partial charge in [0.15, 0.2) is 0 Å².